The van der Waals surface area contributed by atoms with Crippen LogP contribution >= 0.6 is 0 Å². The average Bonchev–Trinajstić information content (AvgIpc) is 2.55. The molecule has 2 rings (SSSR count). The van der Waals surface area contributed by atoms with Crippen molar-refractivity contribution in [3.63, 3.8) is 0 Å². The summed E-state index contributed by atoms with van der Waals surface area (Å²) >= 11 is 0. The fraction of sp³-hybridized carbons (Fsp3) is 0.438. The van der Waals surface area contributed by atoms with Gasteiger partial charge in [0.05, 0.1) is 18.2 Å². The summed E-state index contributed by atoms with van der Waals surface area (Å²) in [7, 11) is 0. The van der Waals surface area contributed by atoms with Crippen molar-refractivity contribution in [1.29, 1.82) is 5.26 Å². The van der Waals surface area contributed by atoms with E-state index < -0.39 is 0 Å². The molecular formula is C16H20N4O2. The molecule has 22 heavy (non-hydrogen) atoms. The SMILES string of the molecule is CCNC(=O)CN1CCN(C(=O)c2cccc(C#N)c2)CC1. The van der Waals surface area contributed by atoms with Gasteiger partial charge in [0.15, 0.2) is 0 Å². The van der Waals surface area contributed by atoms with Gasteiger partial charge in [-0.2, -0.15) is 5.26 Å². The van der Waals surface area contributed by atoms with Crippen LogP contribution in [0.2, 0.25) is 0 Å². The Morgan fingerprint density at radius 2 is 2.00 bits per heavy atom. The van der Waals surface area contributed by atoms with E-state index in [0.29, 0.717) is 50.4 Å². The highest BCUT2D eigenvalue weighted by molar-refractivity contribution is 5.94. The molecule has 6 heteroatoms. The number of carbonyl (C=O) groups is 2. The molecule has 0 aromatic heterocycles. The first kappa shape index (κ1) is 16.0. The van der Waals surface area contributed by atoms with Gasteiger partial charge in [-0.3, -0.25) is 14.5 Å². The Labute approximate surface area is 130 Å². The van der Waals surface area contributed by atoms with Crippen LogP contribution in [0.3, 0.4) is 0 Å². The molecule has 0 spiro atoms. The number of nitriles is 1. The van der Waals surface area contributed by atoms with Crippen LogP contribution in [0.5, 0.6) is 0 Å². The summed E-state index contributed by atoms with van der Waals surface area (Å²) in [6.45, 7) is 5.45. The van der Waals surface area contributed by atoms with Crippen molar-refractivity contribution in [2.24, 2.45) is 0 Å². The number of piperazine rings is 1. The van der Waals surface area contributed by atoms with Gasteiger partial charge in [0.1, 0.15) is 0 Å². The van der Waals surface area contributed by atoms with Crippen LogP contribution < -0.4 is 5.32 Å². The molecule has 6 nitrogen and oxygen atoms in total. The Balaban J connectivity index is 1.89. The Kier molecular flexibility index (Phi) is 5.50. The number of nitrogens with one attached hydrogen (secondary N) is 1. The van der Waals surface area contributed by atoms with Gasteiger partial charge in [-0.05, 0) is 25.1 Å². The van der Waals surface area contributed by atoms with Gasteiger partial charge in [0.2, 0.25) is 5.91 Å². The molecule has 1 aliphatic rings. The first-order valence-electron chi connectivity index (χ1n) is 7.42. The summed E-state index contributed by atoms with van der Waals surface area (Å²) in [6, 6.07) is 8.78. The van der Waals surface area contributed by atoms with Crippen LogP contribution in [0.25, 0.3) is 0 Å². The maximum atomic E-state index is 12.4. The van der Waals surface area contributed by atoms with Crippen LogP contribution in [0.1, 0.15) is 22.8 Å². The van der Waals surface area contributed by atoms with Crippen molar-refractivity contribution in [3.8, 4) is 6.07 Å². The molecule has 0 bridgehead atoms. The zero-order valence-corrected chi connectivity index (χ0v) is 12.7. The molecule has 1 fully saturated rings. The van der Waals surface area contributed by atoms with E-state index in [1.807, 2.05) is 17.9 Å². The summed E-state index contributed by atoms with van der Waals surface area (Å²) in [5.41, 5.74) is 1.02. The smallest absolute Gasteiger partial charge is 0.253 e. The minimum Gasteiger partial charge on any atom is -0.355 e. The van der Waals surface area contributed by atoms with E-state index in [1.54, 1.807) is 29.2 Å². The molecule has 1 saturated heterocycles. The van der Waals surface area contributed by atoms with E-state index in [0.717, 1.165) is 0 Å². The maximum Gasteiger partial charge on any atom is 0.253 e. The van der Waals surface area contributed by atoms with Crippen molar-refractivity contribution < 1.29 is 9.59 Å². The van der Waals surface area contributed by atoms with E-state index in [1.165, 1.54) is 0 Å². The quantitative estimate of drug-likeness (QED) is 0.876. The molecule has 116 valence electrons. The topological polar surface area (TPSA) is 76.4 Å². The molecule has 2 amide bonds. The number of carbonyl (C=O) groups excluding carboxylic acids is 2. The molecule has 1 heterocycles. The predicted molar refractivity (Wildman–Crippen MR) is 82.2 cm³/mol. The van der Waals surface area contributed by atoms with E-state index in [9.17, 15) is 9.59 Å². The van der Waals surface area contributed by atoms with Crippen LogP contribution in [0.4, 0.5) is 0 Å². The first-order valence-corrected chi connectivity index (χ1v) is 7.42. The molecule has 1 aromatic carbocycles. The molecular weight excluding hydrogens is 280 g/mol. The summed E-state index contributed by atoms with van der Waals surface area (Å²) in [6.07, 6.45) is 0. The van der Waals surface area contributed by atoms with E-state index in [-0.39, 0.29) is 11.8 Å². The lowest BCUT2D eigenvalue weighted by molar-refractivity contribution is -0.122. The van der Waals surface area contributed by atoms with E-state index in [4.69, 9.17) is 5.26 Å². The Bertz CT molecular complexity index is 586. The minimum atomic E-state index is -0.0604. The third kappa shape index (κ3) is 4.06. The third-order valence-corrected chi connectivity index (χ3v) is 3.64. The van der Waals surface area contributed by atoms with Gasteiger partial charge in [-0.15, -0.1) is 0 Å². The van der Waals surface area contributed by atoms with Gasteiger partial charge >= 0.3 is 0 Å². The van der Waals surface area contributed by atoms with Crippen LogP contribution in [-0.2, 0) is 4.79 Å². The highest BCUT2D eigenvalue weighted by Crippen LogP contribution is 2.10. The highest BCUT2D eigenvalue weighted by Gasteiger charge is 2.23. The fourth-order valence-electron chi connectivity index (χ4n) is 2.47. The monoisotopic (exact) mass is 300 g/mol. The van der Waals surface area contributed by atoms with Crippen molar-refractivity contribution in [1.82, 2.24) is 15.1 Å². The van der Waals surface area contributed by atoms with Crippen molar-refractivity contribution in [2.75, 3.05) is 39.3 Å². The Hall–Kier alpha value is -2.39. The number of nitrogens with zero attached hydrogens (tertiary/aromatic N) is 3. The zero-order chi connectivity index (χ0) is 15.9. The molecule has 0 unspecified atom stereocenters. The van der Waals surface area contributed by atoms with Crippen LogP contribution in [-0.4, -0.2) is 60.9 Å². The molecule has 0 atom stereocenters. The van der Waals surface area contributed by atoms with Gasteiger partial charge < -0.3 is 10.2 Å². The number of rotatable bonds is 4. The number of amides is 2. The number of likely N-dealkylation sites (N-methyl/N-ethyl adjacent to an activating group) is 1. The summed E-state index contributed by atoms with van der Waals surface area (Å²) < 4.78 is 0. The van der Waals surface area contributed by atoms with Crippen LogP contribution in [0, 0.1) is 11.3 Å². The second kappa shape index (κ2) is 7.57. The predicted octanol–water partition coefficient (Wildman–Crippen LogP) is 0.452. The lowest BCUT2D eigenvalue weighted by Gasteiger charge is -2.34. The van der Waals surface area contributed by atoms with E-state index in [2.05, 4.69) is 5.32 Å². The molecule has 1 N–H and O–H groups in total. The normalized spacial score (nSPS) is 15.2. The van der Waals surface area contributed by atoms with Gasteiger partial charge in [-0.25, -0.2) is 0 Å². The molecule has 0 radical (unpaired) electrons. The van der Waals surface area contributed by atoms with E-state index >= 15 is 0 Å². The standard InChI is InChI=1S/C16H20N4O2/c1-2-18-15(21)12-19-6-8-20(9-7-19)16(22)14-5-3-4-13(10-14)11-17/h3-5,10H,2,6-9,12H2,1H3,(H,18,21). The van der Waals surface area contributed by atoms with Gasteiger partial charge in [-0.1, -0.05) is 6.07 Å². The van der Waals surface area contributed by atoms with Gasteiger partial charge in [0, 0.05) is 38.3 Å². The Morgan fingerprint density at radius 1 is 1.27 bits per heavy atom. The molecule has 1 aromatic rings. The number of hydrogen-bond acceptors (Lipinski definition) is 4. The lowest BCUT2D eigenvalue weighted by Crippen LogP contribution is -2.51. The second-order valence-electron chi connectivity index (χ2n) is 5.21. The van der Waals surface area contributed by atoms with Crippen molar-refractivity contribution in [3.05, 3.63) is 35.4 Å². The second-order valence-corrected chi connectivity index (χ2v) is 5.21. The lowest BCUT2D eigenvalue weighted by atomic mass is 10.1. The number of benzene rings is 1. The maximum absolute atomic E-state index is 12.4. The van der Waals surface area contributed by atoms with Gasteiger partial charge in [0.25, 0.3) is 5.91 Å². The minimum absolute atomic E-state index is 0.0176. The van der Waals surface area contributed by atoms with Crippen molar-refractivity contribution in [2.45, 2.75) is 6.92 Å². The highest BCUT2D eigenvalue weighted by atomic mass is 16.2. The van der Waals surface area contributed by atoms with Crippen molar-refractivity contribution >= 4 is 11.8 Å². The molecule has 1 aliphatic heterocycles. The first-order chi connectivity index (χ1) is 10.6. The zero-order valence-electron chi connectivity index (χ0n) is 12.7. The fourth-order valence-corrected chi connectivity index (χ4v) is 2.47. The molecule has 0 aliphatic carbocycles. The molecule has 0 saturated carbocycles. The largest absolute Gasteiger partial charge is 0.355 e. The van der Waals surface area contributed by atoms with Crippen LogP contribution in [0.15, 0.2) is 24.3 Å². The summed E-state index contributed by atoms with van der Waals surface area (Å²) in [5.74, 6) is -0.0428. The number of hydrogen-bond donors (Lipinski definition) is 1. The Morgan fingerprint density at radius 3 is 2.64 bits per heavy atom. The summed E-state index contributed by atoms with van der Waals surface area (Å²) in [4.78, 5) is 27.8. The third-order valence-electron chi connectivity index (χ3n) is 3.64. The summed E-state index contributed by atoms with van der Waals surface area (Å²) in [5, 5.41) is 11.7. The average molecular weight is 300 g/mol.